The number of nitrogens with two attached hydrogens (primary N) is 1. The second kappa shape index (κ2) is 7.88. The molecule has 0 spiro atoms. The van der Waals surface area contributed by atoms with Gasteiger partial charge in [-0.2, -0.15) is 0 Å². The smallest absolute Gasteiger partial charge is 0.404 e. The number of carbonyl (C=O) groups is 1. The molecule has 1 aromatic carbocycles. The van der Waals surface area contributed by atoms with Gasteiger partial charge in [0, 0.05) is 25.2 Å². The van der Waals surface area contributed by atoms with Gasteiger partial charge in [-0.05, 0) is 12.1 Å². The molecule has 1 amide bonds. The lowest BCUT2D eigenvalue weighted by Crippen LogP contribution is -2.27. The Kier molecular flexibility index (Phi) is 6.10. The third kappa shape index (κ3) is 6.22. The van der Waals surface area contributed by atoms with Crippen LogP contribution in [0.2, 0.25) is 0 Å². The molecule has 0 aromatic heterocycles. The Bertz CT molecular complexity index is 421. The molecule has 0 fully saturated rings. The van der Waals surface area contributed by atoms with Gasteiger partial charge in [0.25, 0.3) is 5.69 Å². The second-order valence-electron chi connectivity index (χ2n) is 3.52. The molecule has 19 heavy (non-hydrogen) atoms. The first-order valence-electron chi connectivity index (χ1n) is 5.60. The number of nitro benzene ring substituents is 1. The summed E-state index contributed by atoms with van der Waals surface area (Å²) in [4.78, 5) is 20.2. The molecular formula is C11H15N3O5. The highest BCUT2D eigenvalue weighted by Crippen LogP contribution is 2.16. The van der Waals surface area contributed by atoms with Crippen LogP contribution in [0.4, 0.5) is 10.5 Å². The molecule has 0 saturated heterocycles. The Hall–Kier alpha value is -2.35. The molecule has 1 aromatic rings. The molecule has 0 heterocycles. The molecule has 0 bridgehead atoms. The summed E-state index contributed by atoms with van der Waals surface area (Å²) in [5.74, 6) is 0.556. The van der Waals surface area contributed by atoms with Crippen LogP contribution in [0.15, 0.2) is 24.3 Å². The van der Waals surface area contributed by atoms with Crippen LogP contribution >= 0.6 is 0 Å². The summed E-state index contributed by atoms with van der Waals surface area (Å²) in [7, 11) is 0. The van der Waals surface area contributed by atoms with Crippen molar-refractivity contribution in [3.8, 4) is 5.75 Å². The third-order valence-electron chi connectivity index (χ3n) is 2.12. The van der Waals surface area contributed by atoms with Crippen LogP contribution in [0, 0.1) is 10.1 Å². The topological polar surface area (TPSA) is 117 Å². The summed E-state index contributed by atoms with van der Waals surface area (Å²) in [6.45, 7) is 1.63. The van der Waals surface area contributed by atoms with Crippen LogP contribution in [-0.2, 0) is 4.74 Å². The Morgan fingerprint density at radius 2 is 1.89 bits per heavy atom. The molecule has 0 unspecified atom stereocenters. The first kappa shape index (κ1) is 14.7. The number of amides is 1. The number of rotatable bonds is 8. The van der Waals surface area contributed by atoms with E-state index in [-0.39, 0.29) is 12.3 Å². The van der Waals surface area contributed by atoms with Crippen molar-refractivity contribution in [1.82, 2.24) is 5.32 Å². The van der Waals surface area contributed by atoms with Gasteiger partial charge in [-0.3, -0.25) is 10.1 Å². The summed E-state index contributed by atoms with van der Waals surface area (Å²) < 4.78 is 9.86. The van der Waals surface area contributed by atoms with Crippen molar-refractivity contribution in [2.45, 2.75) is 0 Å². The predicted molar refractivity (Wildman–Crippen MR) is 67.0 cm³/mol. The highest BCUT2D eigenvalue weighted by atomic mass is 16.6. The highest BCUT2D eigenvalue weighted by molar-refractivity contribution is 5.64. The predicted octanol–water partition coefficient (Wildman–Crippen LogP) is 0.658. The van der Waals surface area contributed by atoms with E-state index < -0.39 is 11.0 Å². The Balaban J connectivity index is 2.12. The maximum atomic E-state index is 10.4. The van der Waals surface area contributed by atoms with Crippen LogP contribution < -0.4 is 15.8 Å². The number of hydrogen-bond acceptors (Lipinski definition) is 6. The number of ether oxygens (including phenoxy) is 2. The molecule has 1 rings (SSSR count). The lowest BCUT2D eigenvalue weighted by atomic mass is 10.3. The summed E-state index contributed by atoms with van der Waals surface area (Å²) in [6.07, 6.45) is -0.802. The van der Waals surface area contributed by atoms with Crippen LogP contribution in [-0.4, -0.2) is 37.3 Å². The van der Waals surface area contributed by atoms with Crippen LogP contribution in [0.5, 0.6) is 5.75 Å². The van der Waals surface area contributed by atoms with Gasteiger partial charge in [0.2, 0.25) is 0 Å². The van der Waals surface area contributed by atoms with Crippen LogP contribution in [0.1, 0.15) is 0 Å². The SMILES string of the molecule is NC(=O)OCCNCCOc1ccc([N+](=O)[O-])cc1. The molecule has 0 saturated carbocycles. The monoisotopic (exact) mass is 269 g/mol. The van der Waals surface area contributed by atoms with Crippen molar-refractivity contribution in [3.63, 3.8) is 0 Å². The fourth-order valence-corrected chi connectivity index (χ4v) is 1.25. The zero-order valence-corrected chi connectivity index (χ0v) is 10.2. The van der Waals surface area contributed by atoms with Crippen LogP contribution in [0.3, 0.4) is 0 Å². The number of non-ortho nitro benzene ring substituents is 1. The quantitative estimate of drug-likeness (QED) is 0.406. The molecule has 104 valence electrons. The first-order valence-corrected chi connectivity index (χ1v) is 5.60. The second-order valence-corrected chi connectivity index (χ2v) is 3.52. The summed E-state index contributed by atoms with van der Waals surface area (Å²) in [5, 5.41) is 13.4. The van der Waals surface area contributed by atoms with Gasteiger partial charge >= 0.3 is 6.09 Å². The standard InChI is InChI=1S/C11H15N3O5/c12-11(15)19-8-6-13-5-7-18-10-3-1-9(2-4-10)14(16)17/h1-4,13H,5-8H2,(H2,12,15). The molecule has 8 heteroatoms. The molecule has 0 atom stereocenters. The van der Waals surface area contributed by atoms with E-state index in [1.54, 1.807) is 0 Å². The van der Waals surface area contributed by atoms with Gasteiger partial charge in [0.05, 0.1) is 4.92 Å². The van der Waals surface area contributed by atoms with E-state index in [0.717, 1.165) is 0 Å². The van der Waals surface area contributed by atoms with E-state index in [1.165, 1.54) is 24.3 Å². The number of hydrogen-bond donors (Lipinski definition) is 2. The van der Waals surface area contributed by atoms with Crippen molar-refractivity contribution in [2.75, 3.05) is 26.3 Å². The van der Waals surface area contributed by atoms with Gasteiger partial charge in [0.15, 0.2) is 0 Å². The molecule has 8 nitrogen and oxygen atoms in total. The van der Waals surface area contributed by atoms with E-state index >= 15 is 0 Å². The Labute approximate surface area is 109 Å². The van der Waals surface area contributed by atoms with Crippen LogP contribution in [0.25, 0.3) is 0 Å². The number of nitrogens with zero attached hydrogens (tertiary/aromatic N) is 1. The largest absolute Gasteiger partial charge is 0.492 e. The lowest BCUT2D eigenvalue weighted by molar-refractivity contribution is -0.384. The molecular weight excluding hydrogens is 254 g/mol. The number of nitrogens with one attached hydrogen (secondary N) is 1. The molecule has 0 aliphatic carbocycles. The molecule has 0 aliphatic rings. The average molecular weight is 269 g/mol. The van der Waals surface area contributed by atoms with Gasteiger partial charge in [-0.1, -0.05) is 0 Å². The van der Waals surface area contributed by atoms with Gasteiger partial charge < -0.3 is 20.5 Å². The number of benzene rings is 1. The van der Waals surface area contributed by atoms with E-state index in [9.17, 15) is 14.9 Å². The minimum absolute atomic E-state index is 0.0223. The first-order chi connectivity index (χ1) is 9.09. The third-order valence-corrected chi connectivity index (χ3v) is 2.12. The normalized spacial score (nSPS) is 9.89. The molecule has 3 N–H and O–H groups in total. The average Bonchev–Trinajstić information content (AvgIpc) is 2.38. The number of primary amides is 1. The van der Waals surface area contributed by atoms with E-state index in [0.29, 0.717) is 25.4 Å². The molecule has 0 aliphatic heterocycles. The van der Waals surface area contributed by atoms with E-state index in [1.807, 2.05) is 0 Å². The minimum Gasteiger partial charge on any atom is -0.492 e. The Morgan fingerprint density at radius 3 is 2.47 bits per heavy atom. The van der Waals surface area contributed by atoms with Gasteiger partial charge in [-0.25, -0.2) is 4.79 Å². The highest BCUT2D eigenvalue weighted by Gasteiger charge is 2.03. The van der Waals surface area contributed by atoms with Crippen molar-refractivity contribution in [3.05, 3.63) is 34.4 Å². The minimum atomic E-state index is -0.802. The lowest BCUT2D eigenvalue weighted by Gasteiger charge is -2.07. The number of nitro groups is 1. The van der Waals surface area contributed by atoms with Gasteiger partial charge in [0.1, 0.15) is 19.0 Å². The van der Waals surface area contributed by atoms with Crippen molar-refractivity contribution >= 4 is 11.8 Å². The summed E-state index contributed by atoms with van der Waals surface area (Å²) >= 11 is 0. The maximum absolute atomic E-state index is 10.4. The van der Waals surface area contributed by atoms with Gasteiger partial charge in [-0.15, -0.1) is 0 Å². The van der Waals surface area contributed by atoms with E-state index in [4.69, 9.17) is 10.5 Å². The summed E-state index contributed by atoms with van der Waals surface area (Å²) in [6, 6.07) is 5.83. The van der Waals surface area contributed by atoms with Crippen molar-refractivity contribution in [2.24, 2.45) is 5.73 Å². The fraction of sp³-hybridized carbons (Fsp3) is 0.364. The Morgan fingerprint density at radius 1 is 1.26 bits per heavy atom. The van der Waals surface area contributed by atoms with Crippen molar-refractivity contribution in [1.29, 1.82) is 0 Å². The van der Waals surface area contributed by atoms with Crippen molar-refractivity contribution < 1.29 is 19.2 Å². The van der Waals surface area contributed by atoms with E-state index in [2.05, 4.69) is 10.1 Å². The molecule has 0 radical (unpaired) electrons. The fourth-order valence-electron chi connectivity index (χ4n) is 1.25. The zero-order valence-electron chi connectivity index (χ0n) is 10.2. The number of carbonyl (C=O) groups excluding carboxylic acids is 1. The maximum Gasteiger partial charge on any atom is 0.404 e. The summed E-state index contributed by atoms with van der Waals surface area (Å²) in [5.41, 5.74) is 4.80. The zero-order chi connectivity index (χ0) is 14.1.